The van der Waals surface area contributed by atoms with Crippen molar-refractivity contribution < 1.29 is 13.9 Å². The van der Waals surface area contributed by atoms with Gasteiger partial charge in [-0.05, 0) is 60.5 Å². The number of Topliss-reactive ketones (excluding diaryl/α,β-unsaturated/α-hetero) is 1. The van der Waals surface area contributed by atoms with Gasteiger partial charge in [0.2, 0.25) is 5.78 Å². The average molecular weight is 490 g/mol. The summed E-state index contributed by atoms with van der Waals surface area (Å²) in [5, 5.41) is 0.988. The first-order chi connectivity index (χ1) is 15.5. The van der Waals surface area contributed by atoms with E-state index in [9.17, 15) is 4.79 Å². The molecule has 5 aromatic rings. The number of hydrogen-bond acceptors (Lipinski definition) is 5. The lowest BCUT2D eigenvalue weighted by Crippen LogP contribution is -2.07. The number of methoxy groups -OCH3 is 1. The summed E-state index contributed by atoms with van der Waals surface area (Å²) in [5.74, 6) is 0.643. The van der Waals surface area contributed by atoms with Crippen molar-refractivity contribution in [3.05, 3.63) is 88.0 Å². The zero-order valence-corrected chi connectivity index (χ0v) is 19.2. The number of fused-ring (bicyclic) bond motifs is 2. The van der Waals surface area contributed by atoms with Crippen molar-refractivity contribution in [1.29, 1.82) is 0 Å². The minimum Gasteiger partial charge on any atom is -0.497 e. The van der Waals surface area contributed by atoms with Gasteiger partial charge in [-0.3, -0.25) is 4.79 Å². The lowest BCUT2D eigenvalue weighted by molar-refractivity contribution is 0.0962. The fourth-order valence-corrected chi connectivity index (χ4v) is 4.25. The maximum absolute atomic E-state index is 13.1. The maximum atomic E-state index is 13.1. The van der Waals surface area contributed by atoms with E-state index in [-0.39, 0.29) is 18.1 Å². The number of benzene rings is 2. The van der Waals surface area contributed by atoms with Crippen LogP contribution in [0.5, 0.6) is 5.75 Å². The molecule has 32 heavy (non-hydrogen) atoms. The molecule has 2 aromatic carbocycles. The molecule has 0 amide bonds. The van der Waals surface area contributed by atoms with E-state index in [1.54, 1.807) is 25.4 Å². The molecule has 3 aromatic heterocycles. The van der Waals surface area contributed by atoms with E-state index in [0.717, 1.165) is 32.4 Å². The number of carbonyl (C=O) groups excluding carboxylic acids is 1. The number of ketones is 1. The zero-order valence-electron chi connectivity index (χ0n) is 17.6. The first-order valence-corrected chi connectivity index (χ1v) is 11.0. The monoisotopic (exact) mass is 489 g/mol. The molecule has 6 nitrogen and oxygen atoms in total. The molecule has 0 aliphatic rings. The fourth-order valence-electron chi connectivity index (χ4n) is 3.98. The highest BCUT2D eigenvalue weighted by atomic mass is 79.9. The van der Waals surface area contributed by atoms with E-state index < -0.39 is 0 Å². The van der Waals surface area contributed by atoms with E-state index in [1.807, 2.05) is 37.3 Å². The smallest absolute Gasteiger partial charge is 0.266 e. The number of oxazole rings is 1. The molecule has 0 fully saturated rings. The second-order valence-electron chi connectivity index (χ2n) is 7.60. The second-order valence-corrected chi connectivity index (χ2v) is 8.52. The van der Waals surface area contributed by atoms with Crippen LogP contribution in [-0.4, -0.2) is 27.4 Å². The molecule has 0 unspecified atom stereocenters. The molecule has 0 spiro atoms. The van der Waals surface area contributed by atoms with Crippen molar-refractivity contribution in [3.8, 4) is 5.75 Å². The third-order valence-corrected chi connectivity index (χ3v) is 6.18. The van der Waals surface area contributed by atoms with Crippen molar-refractivity contribution in [2.24, 2.45) is 0 Å². The Bertz CT molecular complexity index is 1420. The third-order valence-electron chi connectivity index (χ3n) is 5.66. The van der Waals surface area contributed by atoms with Gasteiger partial charge < -0.3 is 13.7 Å². The SMILES string of the molecule is COc1ccc2c(c1)c(CC(=O)c1nc3ncccc3o1)c(C)n2Cc1ccc(Br)cc1. The normalized spacial score (nSPS) is 11.3. The molecule has 0 aliphatic heterocycles. The topological polar surface area (TPSA) is 70.2 Å². The van der Waals surface area contributed by atoms with E-state index in [2.05, 4.69) is 42.6 Å². The van der Waals surface area contributed by atoms with Crippen LogP contribution in [0.4, 0.5) is 0 Å². The van der Waals surface area contributed by atoms with Crippen LogP contribution in [0.3, 0.4) is 0 Å². The number of hydrogen-bond donors (Lipinski definition) is 0. The fraction of sp³-hybridized carbons (Fsp3) is 0.160. The largest absolute Gasteiger partial charge is 0.497 e. The molecule has 160 valence electrons. The molecule has 7 heteroatoms. The van der Waals surface area contributed by atoms with Gasteiger partial charge in [0.1, 0.15) is 5.75 Å². The number of carbonyl (C=O) groups is 1. The minimum absolute atomic E-state index is 0.0785. The molecule has 0 bridgehead atoms. The molecule has 0 N–H and O–H groups in total. The van der Waals surface area contributed by atoms with Crippen LogP contribution in [-0.2, 0) is 13.0 Å². The predicted molar refractivity (Wildman–Crippen MR) is 126 cm³/mol. The van der Waals surface area contributed by atoms with Crippen LogP contribution in [0, 0.1) is 6.92 Å². The average Bonchev–Trinajstić information content (AvgIpc) is 3.35. The van der Waals surface area contributed by atoms with Crippen LogP contribution in [0.1, 0.15) is 27.5 Å². The van der Waals surface area contributed by atoms with Crippen molar-refractivity contribution >= 4 is 43.8 Å². The Balaban J connectivity index is 1.57. The quantitative estimate of drug-likeness (QED) is 0.285. The van der Waals surface area contributed by atoms with Gasteiger partial charge in [0.15, 0.2) is 11.2 Å². The maximum Gasteiger partial charge on any atom is 0.266 e. The first-order valence-electron chi connectivity index (χ1n) is 10.2. The molecular weight excluding hydrogens is 470 g/mol. The number of aromatic nitrogens is 3. The molecule has 3 heterocycles. The van der Waals surface area contributed by atoms with Crippen LogP contribution < -0.4 is 4.74 Å². The minimum atomic E-state index is -0.184. The van der Waals surface area contributed by atoms with E-state index in [4.69, 9.17) is 9.15 Å². The molecule has 0 aliphatic carbocycles. The van der Waals surface area contributed by atoms with Crippen LogP contribution in [0.15, 0.2) is 69.7 Å². The summed E-state index contributed by atoms with van der Waals surface area (Å²) in [4.78, 5) is 21.5. The van der Waals surface area contributed by atoms with Gasteiger partial charge >= 0.3 is 0 Å². The van der Waals surface area contributed by atoms with Crippen molar-refractivity contribution in [2.75, 3.05) is 7.11 Å². The zero-order chi connectivity index (χ0) is 22.2. The Morgan fingerprint density at radius 3 is 2.72 bits per heavy atom. The number of rotatable bonds is 6. The molecular formula is C25H20BrN3O3. The van der Waals surface area contributed by atoms with Crippen LogP contribution in [0.2, 0.25) is 0 Å². The molecule has 0 saturated heterocycles. The van der Waals surface area contributed by atoms with E-state index in [1.165, 1.54) is 5.56 Å². The van der Waals surface area contributed by atoms with Gasteiger partial charge in [-0.1, -0.05) is 28.1 Å². The lowest BCUT2D eigenvalue weighted by atomic mass is 10.0. The Kier molecular flexibility index (Phi) is 5.27. The summed E-state index contributed by atoms with van der Waals surface area (Å²) >= 11 is 3.49. The van der Waals surface area contributed by atoms with Crippen molar-refractivity contribution in [2.45, 2.75) is 19.9 Å². The van der Waals surface area contributed by atoms with Gasteiger partial charge in [0, 0.05) is 40.2 Å². The van der Waals surface area contributed by atoms with Gasteiger partial charge in [-0.15, -0.1) is 0 Å². The highest BCUT2D eigenvalue weighted by Gasteiger charge is 2.21. The van der Waals surface area contributed by atoms with E-state index >= 15 is 0 Å². The highest BCUT2D eigenvalue weighted by Crippen LogP contribution is 2.31. The highest BCUT2D eigenvalue weighted by molar-refractivity contribution is 9.10. The predicted octanol–water partition coefficient (Wildman–Crippen LogP) is 5.73. The summed E-state index contributed by atoms with van der Waals surface area (Å²) in [6, 6.07) is 17.7. The lowest BCUT2D eigenvalue weighted by Gasteiger charge is -2.09. The Morgan fingerprint density at radius 2 is 1.97 bits per heavy atom. The van der Waals surface area contributed by atoms with Gasteiger partial charge in [0.25, 0.3) is 5.89 Å². The van der Waals surface area contributed by atoms with Crippen LogP contribution >= 0.6 is 15.9 Å². The standard InChI is InChI=1S/C25H20BrN3O3/c1-15-19(13-22(30)25-28-24-23(32-25)4-3-11-27-24)20-12-18(31-2)9-10-21(20)29(15)14-16-5-7-17(26)8-6-16/h3-12H,13-14H2,1-2H3. The van der Waals surface area contributed by atoms with Crippen LogP contribution in [0.25, 0.3) is 22.1 Å². The van der Waals surface area contributed by atoms with Crippen molar-refractivity contribution in [3.63, 3.8) is 0 Å². The van der Waals surface area contributed by atoms with E-state index in [0.29, 0.717) is 17.8 Å². The number of nitrogens with zero attached hydrogens (tertiary/aromatic N) is 3. The molecule has 5 rings (SSSR count). The molecule has 0 atom stereocenters. The Labute approximate surface area is 193 Å². The number of ether oxygens (including phenoxy) is 1. The summed E-state index contributed by atoms with van der Waals surface area (Å²) in [7, 11) is 1.64. The summed E-state index contributed by atoms with van der Waals surface area (Å²) in [6.45, 7) is 2.74. The number of halogens is 1. The Morgan fingerprint density at radius 1 is 1.16 bits per heavy atom. The van der Waals surface area contributed by atoms with Gasteiger partial charge in [0.05, 0.1) is 7.11 Å². The Hall–Kier alpha value is -3.45. The third kappa shape index (κ3) is 3.69. The van der Waals surface area contributed by atoms with Crippen molar-refractivity contribution in [1.82, 2.24) is 14.5 Å². The summed E-state index contributed by atoms with van der Waals surface area (Å²) in [5.41, 5.74) is 5.13. The first kappa shape index (κ1) is 20.5. The second kappa shape index (κ2) is 8.24. The molecule has 0 saturated carbocycles. The number of pyridine rings is 1. The van der Waals surface area contributed by atoms with Gasteiger partial charge in [-0.2, -0.15) is 4.98 Å². The molecule has 0 radical (unpaired) electrons. The summed E-state index contributed by atoms with van der Waals surface area (Å²) in [6.07, 6.45) is 1.81. The van der Waals surface area contributed by atoms with Gasteiger partial charge in [-0.25, -0.2) is 4.98 Å². The summed E-state index contributed by atoms with van der Waals surface area (Å²) < 4.78 is 14.4.